The number of H-pyrrole nitrogens is 1. The third-order valence-electron chi connectivity index (χ3n) is 3.52. The molecule has 2 heterocycles. The Bertz CT molecular complexity index is 759. The van der Waals surface area contributed by atoms with Crippen LogP contribution in [0.1, 0.15) is 28.3 Å². The predicted molar refractivity (Wildman–Crippen MR) is 77.9 cm³/mol. The van der Waals surface area contributed by atoms with E-state index in [0.29, 0.717) is 11.4 Å². The molecule has 2 rings (SSSR count). The number of nitrogens with zero attached hydrogens (tertiary/aromatic N) is 3. The lowest BCUT2D eigenvalue weighted by Gasteiger charge is -2.08. The van der Waals surface area contributed by atoms with E-state index in [-0.39, 0.29) is 18.0 Å². The highest BCUT2D eigenvalue weighted by Gasteiger charge is 2.24. The normalized spacial score (nSPS) is 12.0. The van der Waals surface area contributed by atoms with Crippen molar-refractivity contribution in [2.75, 3.05) is 0 Å². The summed E-state index contributed by atoms with van der Waals surface area (Å²) >= 11 is 0. The number of hydrogen-bond acceptors (Lipinski definition) is 5. The van der Waals surface area contributed by atoms with Gasteiger partial charge in [0, 0.05) is 31.4 Å². The molecule has 2 aromatic rings. The fourth-order valence-electron chi connectivity index (χ4n) is 2.28. The van der Waals surface area contributed by atoms with E-state index in [1.165, 1.54) is 0 Å². The van der Waals surface area contributed by atoms with Crippen LogP contribution in [0.2, 0.25) is 0 Å². The highest BCUT2D eigenvalue weighted by Crippen LogP contribution is 2.18. The number of aromatic nitrogens is 4. The van der Waals surface area contributed by atoms with Crippen molar-refractivity contribution in [1.82, 2.24) is 24.7 Å². The average Bonchev–Trinajstić information content (AvgIpc) is 2.90. The van der Waals surface area contributed by atoms with Crippen molar-refractivity contribution in [2.24, 2.45) is 12.8 Å². The van der Waals surface area contributed by atoms with E-state index in [9.17, 15) is 8.42 Å². The van der Waals surface area contributed by atoms with E-state index in [2.05, 4.69) is 20.0 Å². The average molecular weight is 312 g/mol. The third kappa shape index (κ3) is 2.85. The molecule has 0 unspecified atom stereocenters. The smallest absolute Gasteiger partial charge is 0.244 e. The Hall–Kier alpha value is -1.71. The minimum Gasteiger partial charge on any atom is -0.325 e. The Balaban J connectivity index is 2.28. The van der Waals surface area contributed by atoms with Crippen molar-refractivity contribution >= 4 is 10.0 Å². The molecule has 0 aliphatic carbocycles. The first kappa shape index (κ1) is 15.7. The fourth-order valence-corrected chi connectivity index (χ4v) is 3.64. The largest absolute Gasteiger partial charge is 0.325 e. The van der Waals surface area contributed by atoms with E-state index < -0.39 is 10.0 Å². The van der Waals surface area contributed by atoms with Gasteiger partial charge in [-0.05, 0) is 20.8 Å². The maximum atomic E-state index is 12.4. The summed E-state index contributed by atoms with van der Waals surface area (Å²) < 4.78 is 29.2. The number of nitrogens with two attached hydrogens (primary N) is 1. The highest BCUT2D eigenvalue weighted by molar-refractivity contribution is 7.89. The lowest BCUT2D eigenvalue weighted by atomic mass is 10.2. The van der Waals surface area contributed by atoms with Gasteiger partial charge in [0.1, 0.15) is 4.90 Å². The maximum absolute atomic E-state index is 12.4. The van der Waals surface area contributed by atoms with Gasteiger partial charge in [-0.3, -0.25) is 9.78 Å². The van der Waals surface area contributed by atoms with Crippen LogP contribution in [0, 0.1) is 20.8 Å². The number of hydrogen-bond donors (Lipinski definition) is 3. The van der Waals surface area contributed by atoms with Crippen LogP contribution in [0.3, 0.4) is 0 Å². The summed E-state index contributed by atoms with van der Waals surface area (Å²) in [6.07, 6.45) is 0. The Morgan fingerprint density at radius 1 is 1.33 bits per heavy atom. The number of aryl methyl sites for hydroxylation is 3. The van der Waals surface area contributed by atoms with Crippen LogP contribution in [0.5, 0.6) is 0 Å². The summed E-state index contributed by atoms with van der Waals surface area (Å²) in [5, 5.41) is 10.8. The molecule has 0 radical (unpaired) electrons. The second-order valence-electron chi connectivity index (χ2n) is 4.93. The summed E-state index contributed by atoms with van der Waals surface area (Å²) in [6.45, 7) is 5.65. The molecule has 21 heavy (non-hydrogen) atoms. The standard InChI is InChI=1S/C12H20N6O2S/c1-7-10(9(3)18(4)17-7)6-14-21(19,20)12-8(2)15-16-11(12)5-13/h14H,5-6,13H2,1-4H3,(H,15,16). The van der Waals surface area contributed by atoms with Crippen molar-refractivity contribution in [3.05, 3.63) is 28.3 Å². The first-order valence-electron chi connectivity index (χ1n) is 6.50. The molecule has 2 aromatic heterocycles. The topological polar surface area (TPSA) is 119 Å². The van der Waals surface area contributed by atoms with Gasteiger partial charge in [0.15, 0.2) is 0 Å². The zero-order valence-electron chi connectivity index (χ0n) is 12.6. The molecule has 4 N–H and O–H groups in total. The quantitative estimate of drug-likeness (QED) is 0.718. The van der Waals surface area contributed by atoms with Gasteiger partial charge in [0.25, 0.3) is 0 Å². The molecule has 0 amide bonds. The van der Waals surface area contributed by atoms with Gasteiger partial charge >= 0.3 is 0 Å². The lowest BCUT2D eigenvalue weighted by Crippen LogP contribution is -2.25. The van der Waals surface area contributed by atoms with Crippen LogP contribution in [0.15, 0.2) is 4.90 Å². The minimum atomic E-state index is -3.67. The number of rotatable bonds is 5. The first-order valence-corrected chi connectivity index (χ1v) is 7.99. The molecule has 0 aromatic carbocycles. The summed E-state index contributed by atoms with van der Waals surface area (Å²) in [7, 11) is -1.85. The molecule has 0 saturated carbocycles. The van der Waals surface area contributed by atoms with Gasteiger partial charge in [0.2, 0.25) is 10.0 Å². The molecule has 9 heteroatoms. The van der Waals surface area contributed by atoms with Crippen molar-refractivity contribution in [2.45, 2.75) is 38.8 Å². The Morgan fingerprint density at radius 2 is 2.00 bits per heavy atom. The monoisotopic (exact) mass is 312 g/mol. The molecular formula is C12H20N6O2S. The highest BCUT2D eigenvalue weighted by atomic mass is 32.2. The van der Waals surface area contributed by atoms with Gasteiger partial charge in [-0.15, -0.1) is 0 Å². The molecule has 0 fully saturated rings. The molecule has 116 valence electrons. The van der Waals surface area contributed by atoms with E-state index in [1.807, 2.05) is 20.9 Å². The Morgan fingerprint density at radius 3 is 2.52 bits per heavy atom. The Kier molecular flexibility index (Phi) is 4.17. The van der Waals surface area contributed by atoms with Crippen molar-refractivity contribution in [3.63, 3.8) is 0 Å². The molecular weight excluding hydrogens is 292 g/mol. The predicted octanol–water partition coefficient (Wildman–Crippen LogP) is 0.00566. The summed E-state index contributed by atoms with van der Waals surface area (Å²) in [4.78, 5) is 0.129. The molecule has 0 atom stereocenters. The van der Waals surface area contributed by atoms with Gasteiger partial charge in [-0.25, -0.2) is 13.1 Å². The summed E-state index contributed by atoms with van der Waals surface area (Å²) in [6, 6.07) is 0. The Labute approximate surface area is 123 Å². The first-order chi connectivity index (χ1) is 9.77. The SMILES string of the molecule is Cc1nn(C)c(C)c1CNS(=O)(=O)c1c(CN)n[nH]c1C. The zero-order chi connectivity index (χ0) is 15.8. The lowest BCUT2D eigenvalue weighted by molar-refractivity contribution is 0.579. The van der Waals surface area contributed by atoms with Gasteiger partial charge in [-0.2, -0.15) is 10.2 Å². The van der Waals surface area contributed by atoms with Crippen LogP contribution < -0.4 is 10.5 Å². The van der Waals surface area contributed by atoms with Crippen LogP contribution in [-0.2, 0) is 30.2 Å². The molecule has 0 aliphatic rings. The van der Waals surface area contributed by atoms with Crippen LogP contribution >= 0.6 is 0 Å². The van der Waals surface area contributed by atoms with Gasteiger partial charge in [-0.1, -0.05) is 0 Å². The van der Waals surface area contributed by atoms with Crippen molar-refractivity contribution < 1.29 is 8.42 Å². The molecule has 0 saturated heterocycles. The summed E-state index contributed by atoms with van der Waals surface area (Å²) in [5.41, 5.74) is 8.95. The fraction of sp³-hybridized carbons (Fsp3) is 0.500. The van der Waals surface area contributed by atoms with Crippen LogP contribution in [0.25, 0.3) is 0 Å². The second kappa shape index (κ2) is 5.58. The number of nitrogens with one attached hydrogen (secondary N) is 2. The summed E-state index contributed by atoms with van der Waals surface area (Å²) in [5.74, 6) is 0. The van der Waals surface area contributed by atoms with Crippen molar-refractivity contribution in [3.8, 4) is 0 Å². The van der Waals surface area contributed by atoms with E-state index in [0.717, 1.165) is 17.0 Å². The second-order valence-corrected chi connectivity index (χ2v) is 6.63. The minimum absolute atomic E-state index is 0.0610. The molecule has 8 nitrogen and oxygen atoms in total. The molecule has 0 bridgehead atoms. The van der Waals surface area contributed by atoms with Gasteiger partial charge < -0.3 is 5.73 Å². The van der Waals surface area contributed by atoms with Gasteiger partial charge in [0.05, 0.1) is 17.1 Å². The van der Waals surface area contributed by atoms with Crippen molar-refractivity contribution in [1.29, 1.82) is 0 Å². The molecule has 0 aliphatic heterocycles. The van der Waals surface area contributed by atoms with E-state index in [4.69, 9.17) is 5.73 Å². The molecule has 0 spiro atoms. The number of sulfonamides is 1. The van der Waals surface area contributed by atoms with E-state index >= 15 is 0 Å². The maximum Gasteiger partial charge on any atom is 0.244 e. The number of aromatic amines is 1. The third-order valence-corrected chi connectivity index (χ3v) is 5.12. The van der Waals surface area contributed by atoms with Crippen LogP contribution in [-0.4, -0.2) is 28.4 Å². The van der Waals surface area contributed by atoms with E-state index in [1.54, 1.807) is 11.6 Å². The zero-order valence-corrected chi connectivity index (χ0v) is 13.4. The van der Waals surface area contributed by atoms with Crippen LogP contribution in [0.4, 0.5) is 0 Å².